The fourth-order valence-corrected chi connectivity index (χ4v) is 13.4. The number of nitrogens with two attached hydrogens (primary N) is 1. The molecule has 0 radical (unpaired) electrons. The first-order valence-electron chi connectivity index (χ1n) is 35.4. The first-order valence-corrected chi connectivity index (χ1v) is 35.7. The van der Waals surface area contributed by atoms with Crippen LogP contribution in [-0.2, 0) is 50.8 Å². The monoisotopic (exact) mass is 1510 g/mol. The predicted octanol–water partition coefficient (Wildman–Crippen LogP) is 11.2. The fraction of sp³-hybridized carbons (Fsp3) is 0.507. The molecule has 10 rings (SSSR count). The number of carboxylic acids is 2. The Hall–Kier alpha value is -9.72. The highest BCUT2D eigenvalue weighted by Crippen LogP contribution is 2.37. The maximum absolute atomic E-state index is 14.0. The molecule has 4 aliphatic rings. The lowest BCUT2D eigenvalue weighted by molar-refractivity contribution is -0.145. The van der Waals surface area contributed by atoms with Crippen LogP contribution in [0.15, 0.2) is 85.5 Å². The van der Waals surface area contributed by atoms with Gasteiger partial charge in [-0.15, -0.1) is 12.4 Å². The van der Waals surface area contributed by atoms with Gasteiger partial charge in [-0.2, -0.15) is 36.9 Å². The Balaban J connectivity index is 0.000000262. The average molecular weight is 1520 g/mol. The third-order valence-corrected chi connectivity index (χ3v) is 19.0. The molecule has 0 aliphatic carbocycles. The number of carboxylic acid groups (broad SMARTS) is 2. The summed E-state index contributed by atoms with van der Waals surface area (Å²) < 4.78 is 83.7. The largest absolute Gasteiger partial charge is 0.477 e. The van der Waals surface area contributed by atoms with Crippen molar-refractivity contribution in [1.82, 2.24) is 50.5 Å². The molecule has 0 bridgehead atoms. The van der Waals surface area contributed by atoms with Crippen molar-refractivity contribution in [1.29, 1.82) is 10.5 Å². The number of anilines is 4. The van der Waals surface area contributed by atoms with Crippen molar-refractivity contribution in [3.05, 3.63) is 142 Å². The van der Waals surface area contributed by atoms with Crippen molar-refractivity contribution in [2.24, 2.45) is 17.6 Å². The predicted molar refractivity (Wildman–Crippen MR) is 384 cm³/mol. The van der Waals surface area contributed by atoms with Crippen LogP contribution in [0.4, 0.5) is 49.6 Å². The number of hydrogen-bond acceptors (Lipinski definition) is 21. The van der Waals surface area contributed by atoms with E-state index in [4.69, 9.17) is 38.1 Å². The number of alkyl halides is 6. The molecule has 106 heavy (non-hydrogen) atoms. The van der Waals surface area contributed by atoms with Gasteiger partial charge in [-0.3, -0.25) is 19.2 Å². The molecule has 25 nitrogen and oxygen atoms in total. The number of aromatic nitrogens is 8. The lowest BCUT2D eigenvalue weighted by atomic mass is 9.91. The molecule has 2 atom stereocenters. The minimum absolute atomic E-state index is 0. The number of halogens is 8. The van der Waals surface area contributed by atoms with Crippen LogP contribution in [0.2, 0.25) is 5.15 Å². The number of carbonyl (C=O) groups is 6. The fourth-order valence-electron chi connectivity index (χ4n) is 13.2. The maximum atomic E-state index is 14.0. The lowest BCUT2D eigenvalue weighted by Gasteiger charge is -2.34. The van der Waals surface area contributed by atoms with Crippen molar-refractivity contribution in [3.8, 4) is 12.1 Å². The van der Waals surface area contributed by atoms with E-state index in [0.717, 1.165) is 62.4 Å². The molecule has 6 aromatic rings. The zero-order chi connectivity index (χ0) is 75.5. The molecule has 4 fully saturated rings. The van der Waals surface area contributed by atoms with Gasteiger partial charge in [0.05, 0.1) is 35.3 Å². The standard InChI is InChI=1S/C37H43F3N8O4.C31H40F3N7O2.C5H3ClN2O2.ClH/c38-37(39,40)36-45-32(22-33(46-36)48-18-4-8-30(48)31(49)9-1-5-25-11-13-27(23-41)14-12-25)47-19-15-26(16-20-47)6-2-10-34(50)42-17-3-7-28-21-29(35(51)52)44-24-43-28;32-31(33,34)30-38-27(40-18-13-23(14-19-40)5-2-8-29(43)37-16-15-35)20-28(39-30)41-17-3-6-25(41)26(42)7-1-4-22-9-11-24(21-36)12-10-22;6-4-1-3(5(9)10)7-2-8-4;/h11-14,21-22,24,26,30H,1-10,15-20H2,(H,42,50)(H,51,52);9-12,20,23,25H,1-8,13-19,35H2,(H,37,43);1-2H,(H,9,10);1H/t30-;25-;;/m00../s1. The van der Waals surface area contributed by atoms with E-state index in [1.165, 1.54) is 18.5 Å². The molecule has 4 aromatic heterocycles. The normalized spacial score (nSPS) is 16.1. The van der Waals surface area contributed by atoms with E-state index in [-0.39, 0.29) is 75.6 Å². The molecule has 6 N–H and O–H groups in total. The summed E-state index contributed by atoms with van der Waals surface area (Å²) in [5.41, 5.74) is 9.03. The summed E-state index contributed by atoms with van der Waals surface area (Å²) in [6, 6.07) is 23.3. The van der Waals surface area contributed by atoms with Crippen molar-refractivity contribution in [2.75, 3.05) is 78.5 Å². The second-order valence-electron chi connectivity index (χ2n) is 26.2. The molecule has 0 unspecified atom stereocenters. The van der Waals surface area contributed by atoms with Gasteiger partial charge in [0.15, 0.2) is 23.0 Å². The van der Waals surface area contributed by atoms with Crippen LogP contribution in [0, 0.1) is 34.5 Å². The molecule has 568 valence electrons. The second kappa shape index (κ2) is 41.3. The van der Waals surface area contributed by atoms with Gasteiger partial charge < -0.3 is 46.2 Å². The number of piperidine rings is 2. The second-order valence-corrected chi connectivity index (χ2v) is 26.6. The summed E-state index contributed by atoms with van der Waals surface area (Å²) in [7, 11) is 0. The van der Waals surface area contributed by atoms with Crippen LogP contribution in [0.25, 0.3) is 0 Å². The number of ketones is 2. The van der Waals surface area contributed by atoms with Gasteiger partial charge in [-0.25, -0.2) is 49.5 Å². The highest BCUT2D eigenvalue weighted by molar-refractivity contribution is 6.29. The number of Topliss-reactive ketones (excluding diaryl/α,β-unsaturated/α-hetero) is 2. The first kappa shape index (κ1) is 83.6. The third kappa shape index (κ3) is 26.1. The summed E-state index contributed by atoms with van der Waals surface area (Å²) in [5, 5.41) is 41.1. The Morgan fingerprint density at radius 1 is 0.519 bits per heavy atom. The molecular formula is C73H87Cl2F6N17O8. The minimum atomic E-state index is -4.75. The Bertz CT molecular complexity index is 3990. The number of aryl methyl sites for hydroxylation is 3. The Morgan fingerprint density at radius 2 is 0.934 bits per heavy atom. The van der Waals surface area contributed by atoms with E-state index in [9.17, 15) is 55.1 Å². The Labute approximate surface area is 621 Å². The smallest absolute Gasteiger partial charge is 0.451 e. The van der Waals surface area contributed by atoms with E-state index in [0.29, 0.717) is 184 Å². The van der Waals surface area contributed by atoms with Gasteiger partial charge in [0.1, 0.15) is 41.1 Å². The van der Waals surface area contributed by atoms with Gasteiger partial charge in [0.25, 0.3) is 0 Å². The van der Waals surface area contributed by atoms with Crippen LogP contribution < -0.4 is 36.0 Å². The molecule has 33 heteroatoms. The maximum Gasteiger partial charge on any atom is 0.451 e. The van der Waals surface area contributed by atoms with E-state index in [1.54, 1.807) is 46.2 Å². The molecule has 8 heterocycles. The van der Waals surface area contributed by atoms with E-state index in [1.807, 2.05) is 34.1 Å². The van der Waals surface area contributed by atoms with Crippen molar-refractivity contribution in [3.63, 3.8) is 0 Å². The molecule has 4 saturated heterocycles. The van der Waals surface area contributed by atoms with Crippen molar-refractivity contribution >= 4 is 82.6 Å². The molecule has 0 spiro atoms. The summed E-state index contributed by atoms with van der Waals surface area (Å²) >= 11 is 5.37. The summed E-state index contributed by atoms with van der Waals surface area (Å²) in [6.07, 6.45) is 6.71. The van der Waals surface area contributed by atoms with E-state index < -0.39 is 48.0 Å². The van der Waals surface area contributed by atoms with Gasteiger partial charge in [0, 0.05) is 108 Å². The molecule has 4 aliphatic heterocycles. The van der Waals surface area contributed by atoms with Crippen molar-refractivity contribution < 1.29 is 65.3 Å². The van der Waals surface area contributed by atoms with Crippen LogP contribution >= 0.6 is 24.0 Å². The van der Waals surface area contributed by atoms with Gasteiger partial charge in [0.2, 0.25) is 23.5 Å². The van der Waals surface area contributed by atoms with Crippen molar-refractivity contribution in [2.45, 2.75) is 166 Å². The number of amides is 2. The van der Waals surface area contributed by atoms with E-state index in [2.05, 4.69) is 62.6 Å². The number of aromatic carboxylic acids is 2. The summed E-state index contributed by atoms with van der Waals surface area (Å²) in [4.78, 5) is 109. The number of nitrogens with one attached hydrogen (secondary N) is 2. The SMILES string of the molecule is Cl.N#Cc1ccc(CCCC(=O)[C@@H]2CCCN2c2cc(N3CCC(CCCC(=O)NCCCc4cc(C(=O)O)ncn4)CC3)nc(C(F)(F)F)n2)cc1.N#Cc1ccc(CCCC(=O)[C@@H]2CCCN2c2cc(N3CCC(CCCC(=O)NCCN)CC3)nc(C(F)(F)F)n2)cc1.O=C(O)c1cc(Cl)ncn1. The molecule has 2 aromatic carbocycles. The highest BCUT2D eigenvalue weighted by Gasteiger charge is 2.41. The zero-order valence-corrected chi connectivity index (χ0v) is 60.1. The number of nitrogens with zero attached hydrogens (tertiary/aromatic N) is 14. The van der Waals surface area contributed by atoms with Gasteiger partial charge in [-0.05, 0) is 169 Å². The number of rotatable bonds is 30. The van der Waals surface area contributed by atoms with Gasteiger partial charge >= 0.3 is 24.3 Å². The topological polar surface area (TPSA) is 357 Å². The molecule has 0 saturated carbocycles. The summed E-state index contributed by atoms with van der Waals surface area (Å²) in [5.74, 6) is -3.30. The minimum Gasteiger partial charge on any atom is -0.477 e. The number of hydrogen-bond donors (Lipinski definition) is 5. The Kier molecular flexibility index (Phi) is 32.5. The van der Waals surface area contributed by atoms with Gasteiger partial charge in [-0.1, -0.05) is 35.9 Å². The van der Waals surface area contributed by atoms with E-state index >= 15 is 0 Å². The van der Waals surface area contributed by atoms with Crippen LogP contribution in [0.5, 0.6) is 0 Å². The lowest BCUT2D eigenvalue weighted by Crippen LogP contribution is -2.38. The first-order chi connectivity index (χ1) is 50.4. The third-order valence-electron chi connectivity index (χ3n) is 18.8. The quantitative estimate of drug-likeness (QED) is 0.0159. The molecular weight excluding hydrogens is 1430 g/mol. The number of carbonyl (C=O) groups excluding carboxylic acids is 4. The van der Waals surface area contributed by atoms with Crippen LogP contribution in [0.3, 0.4) is 0 Å². The van der Waals surface area contributed by atoms with Crippen LogP contribution in [-0.4, -0.2) is 156 Å². The average Bonchev–Trinajstić information content (AvgIpc) is 1.27. The Morgan fingerprint density at radius 3 is 1.33 bits per heavy atom. The zero-order valence-electron chi connectivity index (χ0n) is 58.5. The summed E-state index contributed by atoms with van der Waals surface area (Å²) in [6.45, 7) is 4.38. The van der Waals surface area contributed by atoms with Crippen LogP contribution in [0.1, 0.15) is 183 Å². The number of benzene rings is 2. The molecule has 2 amide bonds. The highest BCUT2D eigenvalue weighted by atomic mass is 35.5. The number of nitriles is 2.